The summed E-state index contributed by atoms with van der Waals surface area (Å²) < 4.78 is 0. The Morgan fingerprint density at radius 1 is 1.47 bits per heavy atom. The van der Waals surface area contributed by atoms with Crippen molar-refractivity contribution in [3.8, 4) is 11.8 Å². The molecular weight excluding hydrogens is 206 g/mol. The molecule has 1 aliphatic rings. The van der Waals surface area contributed by atoms with Crippen LogP contribution in [0, 0.1) is 11.8 Å². The summed E-state index contributed by atoms with van der Waals surface area (Å²) in [6, 6.07) is 0. The highest BCUT2D eigenvalue weighted by atomic mass is 35.5. The van der Waals surface area contributed by atoms with Gasteiger partial charge in [0.1, 0.15) is 0 Å². The van der Waals surface area contributed by atoms with E-state index < -0.39 is 0 Å². The van der Waals surface area contributed by atoms with E-state index in [0.29, 0.717) is 0 Å². The van der Waals surface area contributed by atoms with Gasteiger partial charge >= 0.3 is 0 Å². The minimum absolute atomic E-state index is 0.0593. The molecule has 0 aromatic rings. The molecule has 82 valence electrons. The number of dihydropyridines is 1. The first kappa shape index (κ1) is 12.3. The topological polar surface area (TPSA) is 12.4 Å². The van der Waals surface area contributed by atoms with E-state index in [4.69, 9.17) is 11.6 Å². The van der Waals surface area contributed by atoms with Crippen LogP contribution >= 0.6 is 11.6 Å². The fourth-order valence-corrected chi connectivity index (χ4v) is 1.45. The lowest BCUT2D eigenvalue weighted by atomic mass is 9.97. The second kappa shape index (κ2) is 5.98. The van der Waals surface area contributed by atoms with E-state index in [0.717, 1.165) is 37.1 Å². The highest BCUT2D eigenvalue weighted by molar-refractivity contribution is 6.17. The Hall–Kier alpha value is -0.740. The van der Waals surface area contributed by atoms with Gasteiger partial charge in [0, 0.05) is 24.1 Å². The number of nitrogens with zero attached hydrogens (tertiary/aromatic N) is 1. The number of alkyl halides is 1. The summed E-state index contributed by atoms with van der Waals surface area (Å²) in [6.45, 7) is 4.26. The van der Waals surface area contributed by atoms with Crippen molar-refractivity contribution in [2.24, 2.45) is 4.99 Å². The summed E-state index contributed by atoms with van der Waals surface area (Å²) in [5, 5.41) is 0. The van der Waals surface area contributed by atoms with Gasteiger partial charge in [0.15, 0.2) is 0 Å². The molecule has 0 saturated heterocycles. The minimum atomic E-state index is 0.0593. The van der Waals surface area contributed by atoms with Crippen molar-refractivity contribution in [3.63, 3.8) is 0 Å². The third kappa shape index (κ3) is 5.04. The lowest BCUT2D eigenvalue weighted by molar-refractivity contribution is 0.528. The zero-order valence-electron chi connectivity index (χ0n) is 9.52. The zero-order chi connectivity index (χ0) is 11.1. The van der Waals surface area contributed by atoms with Gasteiger partial charge in [-0.15, -0.1) is 11.6 Å². The Balaban J connectivity index is 2.35. The van der Waals surface area contributed by atoms with Crippen molar-refractivity contribution in [2.45, 2.75) is 45.1 Å². The molecule has 1 rings (SSSR count). The number of allylic oxidation sites excluding steroid dienone is 1. The molecule has 2 heteroatoms. The number of hydrogen-bond acceptors (Lipinski definition) is 1. The summed E-state index contributed by atoms with van der Waals surface area (Å²) in [5.41, 5.74) is 1.12. The maximum absolute atomic E-state index is 5.58. The molecule has 15 heavy (non-hydrogen) atoms. The van der Waals surface area contributed by atoms with Crippen molar-refractivity contribution in [1.29, 1.82) is 0 Å². The van der Waals surface area contributed by atoms with Crippen molar-refractivity contribution < 1.29 is 0 Å². The minimum Gasteiger partial charge on any atom is -0.286 e. The average Bonchev–Trinajstić information content (AvgIpc) is 2.20. The van der Waals surface area contributed by atoms with Crippen LogP contribution in [0.25, 0.3) is 0 Å². The van der Waals surface area contributed by atoms with E-state index in [1.807, 2.05) is 6.21 Å². The Bertz CT molecular complexity index is 315. The van der Waals surface area contributed by atoms with Crippen LogP contribution in [-0.2, 0) is 0 Å². The van der Waals surface area contributed by atoms with E-state index in [1.54, 1.807) is 0 Å². The SMILES string of the molecule is CC1(C)CC=C(C#CCCCCCl)C=N1. The summed E-state index contributed by atoms with van der Waals surface area (Å²) in [6.07, 6.45) is 8.11. The number of halogens is 1. The highest BCUT2D eigenvalue weighted by Gasteiger charge is 2.16. The summed E-state index contributed by atoms with van der Waals surface area (Å²) in [4.78, 5) is 4.44. The Labute approximate surface area is 97.6 Å². The molecule has 1 aliphatic heterocycles. The second-order valence-corrected chi connectivity index (χ2v) is 4.76. The molecule has 0 unspecified atom stereocenters. The van der Waals surface area contributed by atoms with Crippen LogP contribution in [-0.4, -0.2) is 17.6 Å². The standard InChI is InChI=1S/C13H18ClN/c1-13(2)9-8-12(11-15-13)7-5-3-4-6-10-14/h8,11H,3-4,6,9-10H2,1-2H3. The fourth-order valence-electron chi connectivity index (χ4n) is 1.27. The number of aliphatic imine (C=N–C) groups is 1. The molecule has 0 saturated carbocycles. The fraction of sp³-hybridized carbons (Fsp3) is 0.615. The molecule has 0 amide bonds. The van der Waals surface area contributed by atoms with E-state index in [9.17, 15) is 0 Å². The molecule has 0 N–H and O–H groups in total. The van der Waals surface area contributed by atoms with Crippen molar-refractivity contribution in [2.75, 3.05) is 5.88 Å². The Morgan fingerprint density at radius 3 is 2.87 bits per heavy atom. The van der Waals surface area contributed by atoms with Crippen LogP contribution in [0.4, 0.5) is 0 Å². The van der Waals surface area contributed by atoms with Gasteiger partial charge in [-0.25, -0.2) is 0 Å². The molecule has 1 nitrogen and oxygen atoms in total. The predicted molar refractivity (Wildman–Crippen MR) is 67.6 cm³/mol. The molecule has 1 heterocycles. The monoisotopic (exact) mass is 223 g/mol. The van der Waals surface area contributed by atoms with Crippen LogP contribution in [0.15, 0.2) is 16.6 Å². The first-order valence-electron chi connectivity index (χ1n) is 5.44. The molecular formula is C13H18ClN. The Morgan fingerprint density at radius 2 is 2.27 bits per heavy atom. The van der Waals surface area contributed by atoms with Crippen LogP contribution in [0.3, 0.4) is 0 Å². The zero-order valence-corrected chi connectivity index (χ0v) is 10.3. The van der Waals surface area contributed by atoms with Crippen LogP contribution in [0.2, 0.25) is 0 Å². The molecule has 0 aromatic heterocycles. The van der Waals surface area contributed by atoms with Crippen molar-refractivity contribution in [1.82, 2.24) is 0 Å². The van der Waals surface area contributed by atoms with Crippen molar-refractivity contribution >= 4 is 17.8 Å². The van der Waals surface area contributed by atoms with Crippen LogP contribution in [0.1, 0.15) is 39.5 Å². The normalized spacial score (nSPS) is 17.9. The summed E-state index contributed by atoms with van der Waals surface area (Å²) >= 11 is 5.58. The molecule has 0 fully saturated rings. The number of unbranched alkanes of at least 4 members (excludes halogenated alkanes) is 2. The van der Waals surface area contributed by atoms with Gasteiger partial charge in [-0.1, -0.05) is 17.9 Å². The summed E-state index contributed by atoms with van der Waals surface area (Å²) in [7, 11) is 0. The van der Waals surface area contributed by atoms with E-state index in [-0.39, 0.29) is 5.54 Å². The lowest BCUT2D eigenvalue weighted by Gasteiger charge is -2.20. The lowest BCUT2D eigenvalue weighted by Crippen LogP contribution is -2.18. The van der Waals surface area contributed by atoms with Gasteiger partial charge in [-0.05, 0) is 33.1 Å². The first-order valence-corrected chi connectivity index (χ1v) is 5.98. The number of hydrogen-bond donors (Lipinski definition) is 0. The van der Waals surface area contributed by atoms with Gasteiger partial charge in [0.25, 0.3) is 0 Å². The van der Waals surface area contributed by atoms with Gasteiger partial charge in [0.2, 0.25) is 0 Å². The molecule has 0 radical (unpaired) electrons. The smallest absolute Gasteiger partial charge is 0.0587 e. The molecule has 0 aliphatic carbocycles. The average molecular weight is 224 g/mol. The first-order chi connectivity index (χ1) is 7.14. The molecule has 0 bridgehead atoms. The third-order valence-electron chi connectivity index (χ3n) is 2.29. The van der Waals surface area contributed by atoms with Gasteiger partial charge in [0.05, 0.1) is 5.54 Å². The highest BCUT2D eigenvalue weighted by Crippen LogP contribution is 2.19. The van der Waals surface area contributed by atoms with Gasteiger partial charge < -0.3 is 0 Å². The van der Waals surface area contributed by atoms with Gasteiger partial charge in [-0.3, -0.25) is 4.99 Å². The Kier molecular flexibility index (Phi) is 4.91. The predicted octanol–water partition coefficient (Wildman–Crippen LogP) is 3.58. The van der Waals surface area contributed by atoms with Crippen LogP contribution in [0.5, 0.6) is 0 Å². The van der Waals surface area contributed by atoms with E-state index in [1.165, 1.54) is 0 Å². The molecule has 0 spiro atoms. The summed E-state index contributed by atoms with van der Waals surface area (Å²) in [5.74, 6) is 7.02. The van der Waals surface area contributed by atoms with Crippen LogP contribution < -0.4 is 0 Å². The maximum Gasteiger partial charge on any atom is 0.0587 e. The molecule has 0 atom stereocenters. The quantitative estimate of drug-likeness (QED) is 0.394. The third-order valence-corrected chi connectivity index (χ3v) is 2.56. The molecule has 0 aromatic carbocycles. The van der Waals surface area contributed by atoms with E-state index >= 15 is 0 Å². The number of rotatable bonds is 3. The van der Waals surface area contributed by atoms with Gasteiger partial charge in [-0.2, -0.15) is 0 Å². The second-order valence-electron chi connectivity index (χ2n) is 4.38. The maximum atomic E-state index is 5.58. The van der Waals surface area contributed by atoms with Crippen molar-refractivity contribution in [3.05, 3.63) is 11.6 Å². The van der Waals surface area contributed by atoms with E-state index in [2.05, 4.69) is 36.8 Å². The largest absolute Gasteiger partial charge is 0.286 e.